The number of rotatable bonds is 6. The first-order valence-electron chi connectivity index (χ1n) is 8.98. The molecule has 27 heavy (non-hydrogen) atoms. The summed E-state index contributed by atoms with van der Waals surface area (Å²) in [6, 6.07) is 9.64. The molecule has 0 atom stereocenters. The van der Waals surface area contributed by atoms with E-state index in [-0.39, 0.29) is 5.91 Å². The van der Waals surface area contributed by atoms with Gasteiger partial charge in [-0.25, -0.2) is 4.98 Å². The lowest BCUT2D eigenvalue weighted by atomic mass is 10.2. The molecule has 6 nitrogen and oxygen atoms in total. The largest absolute Gasteiger partial charge is 0.492 e. The Labute approximate surface area is 169 Å². The fraction of sp³-hybridized carbons (Fsp3) is 0.368. The van der Waals surface area contributed by atoms with Gasteiger partial charge in [0.2, 0.25) is 0 Å². The van der Waals surface area contributed by atoms with Crippen LogP contribution in [0, 0.1) is 0 Å². The van der Waals surface area contributed by atoms with Crippen molar-refractivity contribution >= 4 is 40.6 Å². The van der Waals surface area contributed by atoms with Gasteiger partial charge < -0.3 is 19.9 Å². The van der Waals surface area contributed by atoms with Crippen LogP contribution in [-0.2, 0) is 4.79 Å². The molecule has 0 aliphatic carbocycles. The van der Waals surface area contributed by atoms with E-state index in [2.05, 4.69) is 21.3 Å². The number of quaternary nitrogens is 1. The van der Waals surface area contributed by atoms with E-state index in [4.69, 9.17) is 27.9 Å². The summed E-state index contributed by atoms with van der Waals surface area (Å²) in [5.41, 5.74) is 1.11. The predicted molar refractivity (Wildman–Crippen MR) is 108 cm³/mol. The molecular weight excluding hydrogens is 387 g/mol. The molecular formula is C19H23Cl2N4O2+. The summed E-state index contributed by atoms with van der Waals surface area (Å²) in [7, 11) is 0. The Hall–Kier alpha value is -2.02. The number of carbonyl (C=O) groups is 1. The van der Waals surface area contributed by atoms with E-state index < -0.39 is 0 Å². The molecule has 2 N–H and O–H groups in total. The van der Waals surface area contributed by atoms with Crippen molar-refractivity contribution in [1.82, 2.24) is 4.98 Å². The molecule has 3 rings (SSSR count). The lowest BCUT2D eigenvalue weighted by Crippen LogP contribution is -3.15. The normalized spacial score (nSPS) is 14.9. The van der Waals surface area contributed by atoms with Crippen LogP contribution in [0.5, 0.6) is 5.75 Å². The molecule has 0 spiro atoms. The molecule has 0 bridgehead atoms. The molecule has 1 aliphatic rings. The zero-order valence-electron chi connectivity index (χ0n) is 15.2. The summed E-state index contributed by atoms with van der Waals surface area (Å²) in [4.78, 5) is 19.9. The number of piperazine rings is 1. The van der Waals surface area contributed by atoms with E-state index in [1.165, 1.54) is 11.1 Å². The minimum Gasteiger partial charge on any atom is -0.492 e. The van der Waals surface area contributed by atoms with Gasteiger partial charge in [-0.15, -0.1) is 0 Å². The van der Waals surface area contributed by atoms with E-state index in [0.29, 0.717) is 29.0 Å². The molecule has 0 radical (unpaired) electrons. The molecule has 2 heterocycles. The SMILES string of the molecule is CCOc1ccccc1N1CC[NH+](CC(=O)Nc2ncc(Cl)cc2Cl)CC1. The second-order valence-corrected chi connectivity index (χ2v) is 7.19. The lowest BCUT2D eigenvalue weighted by molar-refractivity contribution is -0.892. The number of nitrogens with zero attached hydrogens (tertiary/aromatic N) is 2. The zero-order chi connectivity index (χ0) is 19.2. The number of benzene rings is 1. The summed E-state index contributed by atoms with van der Waals surface area (Å²) >= 11 is 11.9. The maximum Gasteiger partial charge on any atom is 0.280 e. The van der Waals surface area contributed by atoms with Crippen LogP contribution in [0.4, 0.5) is 11.5 Å². The van der Waals surface area contributed by atoms with Crippen LogP contribution in [-0.4, -0.2) is 50.2 Å². The van der Waals surface area contributed by atoms with Gasteiger partial charge in [-0.05, 0) is 25.1 Å². The van der Waals surface area contributed by atoms with Crippen molar-refractivity contribution in [2.24, 2.45) is 0 Å². The smallest absolute Gasteiger partial charge is 0.280 e. The number of amides is 1. The van der Waals surface area contributed by atoms with Crippen LogP contribution < -0.4 is 19.9 Å². The van der Waals surface area contributed by atoms with Gasteiger partial charge in [0.05, 0.1) is 48.5 Å². The Morgan fingerprint density at radius 2 is 2.04 bits per heavy atom. The van der Waals surface area contributed by atoms with Gasteiger partial charge >= 0.3 is 0 Å². The van der Waals surface area contributed by atoms with Crippen LogP contribution in [0.3, 0.4) is 0 Å². The Bertz CT molecular complexity index is 795. The highest BCUT2D eigenvalue weighted by molar-refractivity contribution is 6.36. The first kappa shape index (κ1) is 19.7. The number of hydrogen-bond donors (Lipinski definition) is 2. The molecule has 144 valence electrons. The summed E-state index contributed by atoms with van der Waals surface area (Å²) in [5, 5.41) is 3.53. The molecule has 1 amide bonds. The fourth-order valence-electron chi connectivity index (χ4n) is 3.15. The van der Waals surface area contributed by atoms with Crippen molar-refractivity contribution < 1.29 is 14.4 Å². The summed E-state index contributed by atoms with van der Waals surface area (Å²) in [6.07, 6.45) is 1.46. The van der Waals surface area contributed by atoms with E-state index in [0.717, 1.165) is 37.6 Å². The van der Waals surface area contributed by atoms with Crippen molar-refractivity contribution in [2.45, 2.75) is 6.92 Å². The van der Waals surface area contributed by atoms with Crippen molar-refractivity contribution in [3.63, 3.8) is 0 Å². The Morgan fingerprint density at radius 3 is 2.74 bits per heavy atom. The monoisotopic (exact) mass is 409 g/mol. The quantitative estimate of drug-likeness (QED) is 0.766. The number of para-hydroxylation sites is 2. The average Bonchev–Trinajstić information content (AvgIpc) is 2.65. The maximum absolute atomic E-state index is 12.3. The van der Waals surface area contributed by atoms with Gasteiger partial charge in [0.25, 0.3) is 5.91 Å². The van der Waals surface area contributed by atoms with Gasteiger partial charge in [-0.2, -0.15) is 0 Å². The maximum atomic E-state index is 12.3. The molecule has 1 aliphatic heterocycles. The van der Waals surface area contributed by atoms with Crippen LogP contribution in [0.25, 0.3) is 0 Å². The summed E-state index contributed by atoms with van der Waals surface area (Å²) < 4.78 is 5.73. The Morgan fingerprint density at radius 1 is 1.30 bits per heavy atom. The average molecular weight is 410 g/mol. The minimum absolute atomic E-state index is 0.107. The van der Waals surface area contributed by atoms with Crippen LogP contribution >= 0.6 is 23.2 Å². The summed E-state index contributed by atoms with van der Waals surface area (Å²) in [5.74, 6) is 1.14. The van der Waals surface area contributed by atoms with Gasteiger partial charge in [-0.1, -0.05) is 35.3 Å². The van der Waals surface area contributed by atoms with E-state index >= 15 is 0 Å². The third-order valence-corrected chi connectivity index (χ3v) is 4.95. The van der Waals surface area contributed by atoms with Crippen molar-refractivity contribution in [1.29, 1.82) is 0 Å². The number of nitrogens with one attached hydrogen (secondary N) is 2. The zero-order valence-corrected chi connectivity index (χ0v) is 16.7. The van der Waals surface area contributed by atoms with Crippen molar-refractivity contribution in [3.05, 3.63) is 46.6 Å². The van der Waals surface area contributed by atoms with Gasteiger partial charge in [0, 0.05) is 6.20 Å². The van der Waals surface area contributed by atoms with Crippen LogP contribution in [0.1, 0.15) is 6.92 Å². The second kappa shape index (κ2) is 9.26. The Balaban J connectivity index is 1.53. The topological polar surface area (TPSA) is 58.9 Å². The Kier molecular flexibility index (Phi) is 6.77. The van der Waals surface area contributed by atoms with Crippen LogP contribution in [0.15, 0.2) is 36.5 Å². The van der Waals surface area contributed by atoms with E-state index in [1.54, 1.807) is 6.07 Å². The number of aromatic nitrogens is 1. The van der Waals surface area contributed by atoms with Crippen LogP contribution in [0.2, 0.25) is 10.0 Å². The molecule has 1 aromatic heterocycles. The van der Waals surface area contributed by atoms with Gasteiger partial charge in [-0.3, -0.25) is 4.79 Å². The molecule has 0 saturated carbocycles. The third-order valence-electron chi connectivity index (χ3n) is 4.45. The third kappa shape index (κ3) is 5.25. The van der Waals surface area contributed by atoms with Gasteiger partial charge in [0.1, 0.15) is 5.75 Å². The molecule has 0 unspecified atom stereocenters. The van der Waals surface area contributed by atoms with Gasteiger partial charge in [0.15, 0.2) is 12.4 Å². The first-order chi connectivity index (χ1) is 13.1. The number of hydrogen-bond acceptors (Lipinski definition) is 4. The number of ether oxygens (including phenoxy) is 1. The second-order valence-electron chi connectivity index (χ2n) is 6.35. The van der Waals surface area contributed by atoms with Crippen molar-refractivity contribution in [3.8, 4) is 5.75 Å². The molecule has 2 aromatic rings. The number of carbonyl (C=O) groups excluding carboxylic acids is 1. The molecule has 1 fully saturated rings. The van der Waals surface area contributed by atoms with E-state index in [1.807, 2.05) is 25.1 Å². The minimum atomic E-state index is -0.107. The lowest BCUT2D eigenvalue weighted by Gasteiger charge is -2.34. The standard InChI is InChI=1S/C19H22Cl2N4O2/c1-2-27-17-6-4-3-5-16(17)25-9-7-24(8-10-25)13-18(26)23-19-15(21)11-14(20)12-22-19/h3-6,11-12H,2,7-10,13H2,1H3,(H,22,23,26)/p+1. The summed E-state index contributed by atoms with van der Waals surface area (Å²) in [6.45, 7) is 6.48. The highest BCUT2D eigenvalue weighted by Gasteiger charge is 2.24. The highest BCUT2D eigenvalue weighted by Crippen LogP contribution is 2.27. The highest BCUT2D eigenvalue weighted by atomic mass is 35.5. The first-order valence-corrected chi connectivity index (χ1v) is 9.73. The predicted octanol–water partition coefficient (Wildman–Crippen LogP) is 2.13. The fourth-order valence-corrected chi connectivity index (χ4v) is 3.57. The number of halogens is 2. The van der Waals surface area contributed by atoms with E-state index in [9.17, 15) is 4.79 Å². The molecule has 1 aromatic carbocycles. The van der Waals surface area contributed by atoms with Crippen molar-refractivity contribution in [2.75, 3.05) is 49.5 Å². The number of anilines is 2. The number of pyridine rings is 1. The molecule has 8 heteroatoms. The molecule has 1 saturated heterocycles.